The predicted octanol–water partition coefficient (Wildman–Crippen LogP) is 3.53. The van der Waals surface area contributed by atoms with Crippen molar-refractivity contribution in [2.75, 3.05) is 19.3 Å². The lowest BCUT2D eigenvalue weighted by atomic mass is 9.90. The van der Waals surface area contributed by atoms with Gasteiger partial charge >= 0.3 is 0 Å². The Morgan fingerprint density at radius 1 is 1.39 bits per heavy atom. The lowest BCUT2D eigenvalue weighted by Gasteiger charge is -2.31. The minimum atomic E-state index is 0.105. The van der Waals surface area contributed by atoms with Crippen LogP contribution in [-0.4, -0.2) is 40.0 Å². The van der Waals surface area contributed by atoms with Gasteiger partial charge in [-0.05, 0) is 44.7 Å². The van der Waals surface area contributed by atoms with Gasteiger partial charge in [-0.2, -0.15) is 0 Å². The second-order valence-corrected chi connectivity index (χ2v) is 7.04. The van der Waals surface area contributed by atoms with Gasteiger partial charge in [0, 0.05) is 41.4 Å². The Kier molecular flexibility index (Phi) is 5.18. The molecule has 1 aromatic heterocycles. The maximum Gasteiger partial charge on any atom is 0.167 e. The number of aromatic amines is 1. The minimum Gasteiger partial charge on any atom is -0.345 e. The van der Waals surface area contributed by atoms with Crippen molar-refractivity contribution in [1.29, 1.82) is 0 Å². The van der Waals surface area contributed by atoms with E-state index in [0.717, 1.165) is 49.6 Å². The number of aryl methyl sites for hydroxylation is 1. The summed E-state index contributed by atoms with van der Waals surface area (Å²) in [6, 6.07) is 7.99. The number of piperidine rings is 1. The maximum atomic E-state index is 12.7. The second-order valence-electron chi connectivity index (χ2n) is 6.16. The molecule has 23 heavy (non-hydrogen) atoms. The van der Waals surface area contributed by atoms with E-state index in [2.05, 4.69) is 14.9 Å². The normalized spacial score (nSPS) is 19.0. The van der Waals surface area contributed by atoms with Gasteiger partial charge in [0.25, 0.3) is 0 Å². The molecule has 1 fully saturated rings. The Morgan fingerprint density at radius 2 is 2.17 bits per heavy atom. The molecule has 2 aromatic rings. The number of thioether (sulfide) groups is 1. The van der Waals surface area contributed by atoms with Crippen molar-refractivity contribution in [3.8, 4) is 0 Å². The summed E-state index contributed by atoms with van der Waals surface area (Å²) in [5.41, 5.74) is 1.96. The van der Waals surface area contributed by atoms with Crippen molar-refractivity contribution in [2.45, 2.75) is 31.2 Å². The summed E-state index contributed by atoms with van der Waals surface area (Å²) in [7, 11) is 0. The minimum absolute atomic E-state index is 0.105. The van der Waals surface area contributed by atoms with Crippen LogP contribution in [0.3, 0.4) is 0 Å². The molecule has 1 unspecified atom stereocenters. The standard InChI is InChI=1S/C18H23N3OS/c1-13-19-10-16(20-13)12-21-9-3-4-15(11-21)18(22)14-5-7-17(23-2)8-6-14/h5-8,10,15H,3-4,9,11-12H2,1-2H3,(H,19,20). The summed E-state index contributed by atoms with van der Waals surface area (Å²) in [5, 5.41) is 0. The van der Waals surface area contributed by atoms with Crippen molar-refractivity contribution >= 4 is 17.5 Å². The maximum absolute atomic E-state index is 12.7. The molecule has 5 heteroatoms. The van der Waals surface area contributed by atoms with Crippen LogP contribution < -0.4 is 0 Å². The lowest BCUT2D eigenvalue weighted by molar-refractivity contribution is 0.0810. The molecule has 0 bridgehead atoms. The molecule has 0 amide bonds. The van der Waals surface area contributed by atoms with E-state index in [4.69, 9.17) is 0 Å². The first-order valence-corrected chi connectivity index (χ1v) is 9.29. The van der Waals surface area contributed by atoms with Crippen LogP contribution in [0.25, 0.3) is 0 Å². The van der Waals surface area contributed by atoms with E-state index < -0.39 is 0 Å². The fourth-order valence-electron chi connectivity index (χ4n) is 3.20. The molecule has 1 aliphatic heterocycles. The number of carbonyl (C=O) groups excluding carboxylic acids is 1. The van der Waals surface area contributed by atoms with E-state index >= 15 is 0 Å². The highest BCUT2D eigenvalue weighted by Crippen LogP contribution is 2.23. The van der Waals surface area contributed by atoms with Gasteiger partial charge in [-0.1, -0.05) is 12.1 Å². The quantitative estimate of drug-likeness (QED) is 0.673. The smallest absolute Gasteiger partial charge is 0.167 e. The molecular weight excluding hydrogens is 306 g/mol. The Labute approximate surface area is 141 Å². The van der Waals surface area contributed by atoms with Gasteiger partial charge in [-0.25, -0.2) is 4.98 Å². The van der Waals surface area contributed by atoms with E-state index in [1.165, 1.54) is 4.90 Å². The van der Waals surface area contributed by atoms with Crippen LogP contribution in [0.2, 0.25) is 0 Å². The average Bonchev–Trinajstić information content (AvgIpc) is 2.99. The number of carbonyl (C=O) groups is 1. The summed E-state index contributed by atoms with van der Waals surface area (Å²) in [5.74, 6) is 1.33. The number of nitrogens with zero attached hydrogens (tertiary/aromatic N) is 2. The molecule has 0 saturated carbocycles. The fourth-order valence-corrected chi connectivity index (χ4v) is 3.61. The van der Waals surface area contributed by atoms with Gasteiger partial charge < -0.3 is 4.98 Å². The molecular formula is C18H23N3OS. The fraction of sp³-hybridized carbons (Fsp3) is 0.444. The highest BCUT2D eigenvalue weighted by atomic mass is 32.2. The lowest BCUT2D eigenvalue weighted by Crippen LogP contribution is -2.38. The van der Waals surface area contributed by atoms with Crippen molar-refractivity contribution in [2.24, 2.45) is 5.92 Å². The third kappa shape index (κ3) is 4.03. The van der Waals surface area contributed by atoms with Crippen molar-refractivity contribution < 1.29 is 4.79 Å². The number of imidazole rings is 1. The molecule has 4 nitrogen and oxygen atoms in total. The van der Waals surface area contributed by atoms with Gasteiger partial charge in [0.15, 0.2) is 5.78 Å². The number of likely N-dealkylation sites (tertiary alicyclic amines) is 1. The molecule has 3 rings (SSSR count). The number of hydrogen-bond donors (Lipinski definition) is 1. The zero-order chi connectivity index (χ0) is 16.2. The van der Waals surface area contributed by atoms with Crippen molar-refractivity contribution in [3.05, 3.63) is 47.5 Å². The van der Waals surface area contributed by atoms with Gasteiger partial charge in [0.2, 0.25) is 0 Å². The van der Waals surface area contributed by atoms with Crippen LogP contribution >= 0.6 is 11.8 Å². The summed E-state index contributed by atoms with van der Waals surface area (Å²) < 4.78 is 0. The summed E-state index contributed by atoms with van der Waals surface area (Å²) >= 11 is 1.70. The Bertz CT molecular complexity index is 665. The Morgan fingerprint density at radius 3 is 2.83 bits per heavy atom. The van der Waals surface area contributed by atoms with Crippen LogP contribution in [0, 0.1) is 12.8 Å². The van der Waals surface area contributed by atoms with Crippen LogP contribution in [0.4, 0.5) is 0 Å². The zero-order valence-electron chi connectivity index (χ0n) is 13.7. The number of benzene rings is 1. The second kappa shape index (κ2) is 7.32. The van der Waals surface area contributed by atoms with E-state index in [1.807, 2.05) is 43.6 Å². The number of nitrogens with one attached hydrogen (secondary N) is 1. The van der Waals surface area contributed by atoms with Gasteiger partial charge in [0.1, 0.15) is 5.82 Å². The van der Waals surface area contributed by atoms with E-state index in [9.17, 15) is 4.79 Å². The first-order chi connectivity index (χ1) is 11.2. The average molecular weight is 329 g/mol. The number of aromatic nitrogens is 2. The van der Waals surface area contributed by atoms with Gasteiger partial charge in [-0.3, -0.25) is 9.69 Å². The first kappa shape index (κ1) is 16.3. The summed E-state index contributed by atoms with van der Waals surface area (Å²) in [6.07, 6.45) is 6.00. The molecule has 0 aliphatic carbocycles. The van der Waals surface area contributed by atoms with Crippen LogP contribution in [-0.2, 0) is 6.54 Å². The van der Waals surface area contributed by atoms with E-state index in [1.54, 1.807) is 11.8 Å². The first-order valence-electron chi connectivity index (χ1n) is 8.07. The van der Waals surface area contributed by atoms with E-state index in [0.29, 0.717) is 0 Å². The topological polar surface area (TPSA) is 49.0 Å². The number of hydrogen-bond acceptors (Lipinski definition) is 4. The molecule has 0 radical (unpaired) electrons. The summed E-state index contributed by atoms with van der Waals surface area (Å²) in [4.78, 5) is 23.8. The van der Waals surface area contributed by atoms with Crippen molar-refractivity contribution in [3.63, 3.8) is 0 Å². The van der Waals surface area contributed by atoms with Gasteiger partial charge in [-0.15, -0.1) is 11.8 Å². The molecule has 1 aliphatic rings. The van der Waals surface area contributed by atoms with Crippen LogP contribution in [0.1, 0.15) is 34.7 Å². The highest BCUT2D eigenvalue weighted by Gasteiger charge is 2.26. The van der Waals surface area contributed by atoms with Crippen molar-refractivity contribution in [1.82, 2.24) is 14.9 Å². The molecule has 2 heterocycles. The number of Topliss-reactive ketones (excluding diaryl/α,β-unsaturated/α-hetero) is 1. The molecule has 1 N–H and O–H groups in total. The monoisotopic (exact) mass is 329 g/mol. The SMILES string of the molecule is CSc1ccc(C(=O)C2CCCN(Cc3cnc(C)[nH]3)C2)cc1. The van der Waals surface area contributed by atoms with Gasteiger partial charge in [0.05, 0.1) is 0 Å². The zero-order valence-corrected chi connectivity index (χ0v) is 14.5. The van der Waals surface area contributed by atoms with Crippen LogP contribution in [0.15, 0.2) is 35.4 Å². The molecule has 1 aromatic carbocycles. The Balaban J connectivity index is 1.63. The summed E-state index contributed by atoms with van der Waals surface area (Å²) in [6.45, 7) is 4.69. The van der Waals surface area contributed by atoms with Crippen LogP contribution in [0.5, 0.6) is 0 Å². The largest absolute Gasteiger partial charge is 0.345 e. The molecule has 0 spiro atoms. The molecule has 1 saturated heterocycles. The highest BCUT2D eigenvalue weighted by molar-refractivity contribution is 7.98. The Hall–Kier alpha value is -1.59. The third-order valence-electron chi connectivity index (χ3n) is 4.40. The number of H-pyrrole nitrogens is 1. The molecule has 1 atom stereocenters. The third-order valence-corrected chi connectivity index (χ3v) is 5.14. The molecule has 122 valence electrons. The predicted molar refractivity (Wildman–Crippen MR) is 93.9 cm³/mol. The number of ketones is 1. The number of rotatable bonds is 5. The van der Waals surface area contributed by atoms with E-state index in [-0.39, 0.29) is 11.7 Å².